The second-order valence-corrected chi connectivity index (χ2v) is 5.41. The standard InChI is InChI=1S/C17H19ClO2/c1-11-7-8-12(2)13(9-11)10-15(19)17-14(18)5-4-6-16(17)20-3/h4-9,15,19H,10H2,1-3H3. The summed E-state index contributed by atoms with van der Waals surface area (Å²) in [6.45, 7) is 4.09. The van der Waals surface area contributed by atoms with Crippen LogP contribution in [-0.2, 0) is 6.42 Å². The van der Waals surface area contributed by atoms with Gasteiger partial charge in [-0.3, -0.25) is 0 Å². The smallest absolute Gasteiger partial charge is 0.126 e. The van der Waals surface area contributed by atoms with Gasteiger partial charge in [-0.05, 0) is 37.1 Å². The Labute approximate surface area is 125 Å². The number of halogens is 1. The van der Waals surface area contributed by atoms with Crippen molar-refractivity contribution in [1.29, 1.82) is 0 Å². The van der Waals surface area contributed by atoms with Gasteiger partial charge in [0.15, 0.2) is 0 Å². The number of benzene rings is 2. The summed E-state index contributed by atoms with van der Waals surface area (Å²) in [5, 5.41) is 11.0. The number of methoxy groups -OCH3 is 1. The third-order valence-electron chi connectivity index (χ3n) is 3.48. The number of ether oxygens (including phenoxy) is 1. The Hall–Kier alpha value is -1.51. The van der Waals surface area contributed by atoms with Crippen molar-refractivity contribution in [3.8, 4) is 5.75 Å². The summed E-state index contributed by atoms with van der Waals surface area (Å²) in [4.78, 5) is 0. The Kier molecular flexibility index (Phi) is 4.69. The fourth-order valence-corrected chi connectivity index (χ4v) is 2.64. The molecule has 0 spiro atoms. The summed E-state index contributed by atoms with van der Waals surface area (Å²) in [5.74, 6) is 0.621. The molecule has 0 heterocycles. The van der Waals surface area contributed by atoms with E-state index in [1.54, 1.807) is 13.2 Å². The van der Waals surface area contributed by atoms with Gasteiger partial charge >= 0.3 is 0 Å². The molecule has 0 fully saturated rings. The first-order valence-corrected chi connectivity index (χ1v) is 6.97. The van der Waals surface area contributed by atoms with Gasteiger partial charge in [0.2, 0.25) is 0 Å². The minimum absolute atomic E-state index is 0.521. The summed E-state index contributed by atoms with van der Waals surface area (Å²) < 4.78 is 5.29. The second kappa shape index (κ2) is 6.29. The molecule has 20 heavy (non-hydrogen) atoms. The summed E-state index contributed by atoms with van der Waals surface area (Å²) in [6.07, 6.45) is -0.160. The van der Waals surface area contributed by atoms with Gasteiger partial charge in [-0.1, -0.05) is 41.4 Å². The van der Waals surface area contributed by atoms with Crippen molar-refractivity contribution in [3.05, 3.63) is 63.7 Å². The van der Waals surface area contributed by atoms with Gasteiger partial charge in [-0.2, -0.15) is 0 Å². The summed E-state index contributed by atoms with van der Waals surface area (Å²) in [7, 11) is 1.58. The van der Waals surface area contributed by atoms with Crippen LogP contribution in [0, 0.1) is 13.8 Å². The van der Waals surface area contributed by atoms with Crippen LogP contribution >= 0.6 is 11.6 Å². The molecule has 0 amide bonds. The first-order valence-electron chi connectivity index (χ1n) is 6.59. The SMILES string of the molecule is COc1cccc(Cl)c1C(O)Cc1cc(C)ccc1C. The first-order chi connectivity index (χ1) is 9.52. The zero-order chi connectivity index (χ0) is 14.7. The van der Waals surface area contributed by atoms with Crippen LogP contribution in [0.15, 0.2) is 36.4 Å². The molecule has 0 aliphatic heterocycles. The average Bonchev–Trinajstić information content (AvgIpc) is 2.42. The van der Waals surface area contributed by atoms with E-state index in [1.807, 2.05) is 26.0 Å². The lowest BCUT2D eigenvalue weighted by Gasteiger charge is -2.17. The number of hydrogen-bond donors (Lipinski definition) is 1. The van der Waals surface area contributed by atoms with Crippen LogP contribution in [0.1, 0.15) is 28.4 Å². The molecule has 0 aliphatic rings. The van der Waals surface area contributed by atoms with Gasteiger partial charge in [0.25, 0.3) is 0 Å². The van der Waals surface area contributed by atoms with Crippen LogP contribution < -0.4 is 4.74 Å². The molecule has 2 aromatic rings. The number of aryl methyl sites for hydroxylation is 2. The zero-order valence-electron chi connectivity index (χ0n) is 12.0. The molecule has 1 unspecified atom stereocenters. The Morgan fingerprint density at radius 2 is 1.95 bits per heavy atom. The van der Waals surface area contributed by atoms with E-state index in [2.05, 4.69) is 18.2 Å². The van der Waals surface area contributed by atoms with E-state index in [4.69, 9.17) is 16.3 Å². The predicted octanol–water partition coefficient (Wildman–Crippen LogP) is 4.24. The predicted molar refractivity (Wildman–Crippen MR) is 82.6 cm³/mol. The highest BCUT2D eigenvalue weighted by Gasteiger charge is 2.18. The third-order valence-corrected chi connectivity index (χ3v) is 3.81. The molecule has 106 valence electrons. The van der Waals surface area contributed by atoms with Crippen molar-refractivity contribution in [3.63, 3.8) is 0 Å². The minimum Gasteiger partial charge on any atom is -0.496 e. The number of aliphatic hydroxyl groups excluding tert-OH is 1. The summed E-state index contributed by atoms with van der Waals surface area (Å²) in [5.41, 5.74) is 4.13. The minimum atomic E-state index is -0.681. The fraction of sp³-hybridized carbons (Fsp3) is 0.294. The summed E-state index contributed by atoms with van der Waals surface area (Å²) >= 11 is 6.20. The number of rotatable bonds is 4. The van der Waals surface area contributed by atoms with Crippen LogP contribution in [0.2, 0.25) is 5.02 Å². The normalized spacial score (nSPS) is 12.2. The number of aliphatic hydroxyl groups is 1. The maximum absolute atomic E-state index is 10.5. The van der Waals surface area contributed by atoms with Crippen molar-refractivity contribution in [2.45, 2.75) is 26.4 Å². The zero-order valence-corrected chi connectivity index (χ0v) is 12.7. The van der Waals surface area contributed by atoms with Crippen LogP contribution in [0.3, 0.4) is 0 Å². The Morgan fingerprint density at radius 1 is 1.20 bits per heavy atom. The molecule has 0 bridgehead atoms. The average molecular weight is 291 g/mol. The molecule has 3 heteroatoms. The van der Waals surface area contributed by atoms with E-state index < -0.39 is 6.10 Å². The third kappa shape index (κ3) is 3.14. The van der Waals surface area contributed by atoms with Crippen LogP contribution in [0.4, 0.5) is 0 Å². The fourth-order valence-electron chi connectivity index (χ4n) is 2.35. The quantitative estimate of drug-likeness (QED) is 0.912. The Bertz CT molecular complexity index is 608. The topological polar surface area (TPSA) is 29.5 Å². The molecule has 2 rings (SSSR count). The van der Waals surface area contributed by atoms with Gasteiger partial charge in [-0.15, -0.1) is 0 Å². The maximum atomic E-state index is 10.5. The maximum Gasteiger partial charge on any atom is 0.126 e. The van der Waals surface area contributed by atoms with E-state index in [0.29, 0.717) is 22.8 Å². The molecule has 2 nitrogen and oxygen atoms in total. The van der Waals surface area contributed by atoms with Gasteiger partial charge in [0, 0.05) is 12.0 Å². The van der Waals surface area contributed by atoms with Crippen molar-refractivity contribution >= 4 is 11.6 Å². The van der Waals surface area contributed by atoms with Gasteiger partial charge < -0.3 is 9.84 Å². The van der Waals surface area contributed by atoms with Crippen LogP contribution in [-0.4, -0.2) is 12.2 Å². The lowest BCUT2D eigenvalue weighted by molar-refractivity contribution is 0.174. The van der Waals surface area contributed by atoms with Crippen molar-refractivity contribution in [2.24, 2.45) is 0 Å². The van der Waals surface area contributed by atoms with E-state index in [1.165, 1.54) is 11.1 Å². The highest BCUT2D eigenvalue weighted by atomic mass is 35.5. The molecular weight excluding hydrogens is 272 g/mol. The van der Waals surface area contributed by atoms with E-state index in [0.717, 1.165) is 5.56 Å². The monoisotopic (exact) mass is 290 g/mol. The van der Waals surface area contributed by atoms with E-state index in [9.17, 15) is 5.11 Å². The van der Waals surface area contributed by atoms with Crippen molar-refractivity contribution < 1.29 is 9.84 Å². The van der Waals surface area contributed by atoms with Crippen LogP contribution in [0.25, 0.3) is 0 Å². The van der Waals surface area contributed by atoms with Gasteiger partial charge in [0.1, 0.15) is 5.75 Å². The lowest BCUT2D eigenvalue weighted by Crippen LogP contribution is -2.06. The Morgan fingerprint density at radius 3 is 2.65 bits per heavy atom. The van der Waals surface area contributed by atoms with E-state index in [-0.39, 0.29) is 0 Å². The molecule has 1 atom stereocenters. The Balaban J connectivity index is 2.33. The van der Waals surface area contributed by atoms with Crippen LogP contribution in [0.5, 0.6) is 5.75 Å². The number of hydrogen-bond acceptors (Lipinski definition) is 2. The van der Waals surface area contributed by atoms with Crippen molar-refractivity contribution in [2.75, 3.05) is 7.11 Å². The highest BCUT2D eigenvalue weighted by Crippen LogP contribution is 2.34. The first kappa shape index (κ1) is 14.9. The van der Waals surface area contributed by atoms with Gasteiger partial charge in [0.05, 0.1) is 18.2 Å². The van der Waals surface area contributed by atoms with Crippen molar-refractivity contribution in [1.82, 2.24) is 0 Å². The molecule has 0 aromatic heterocycles. The highest BCUT2D eigenvalue weighted by molar-refractivity contribution is 6.31. The molecule has 1 N–H and O–H groups in total. The molecule has 0 saturated carbocycles. The molecule has 0 radical (unpaired) electrons. The van der Waals surface area contributed by atoms with E-state index >= 15 is 0 Å². The van der Waals surface area contributed by atoms with Gasteiger partial charge in [-0.25, -0.2) is 0 Å². The second-order valence-electron chi connectivity index (χ2n) is 5.01. The molecule has 0 saturated heterocycles. The molecule has 2 aromatic carbocycles. The largest absolute Gasteiger partial charge is 0.496 e. The summed E-state index contributed by atoms with van der Waals surface area (Å²) in [6, 6.07) is 11.6. The lowest BCUT2D eigenvalue weighted by atomic mass is 9.96. The molecular formula is C17H19ClO2. The molecule has 0 aliphatic carbocycles.